The van der Waals surface area contributed by atoms with Gasteiger partial charge in [0.05, 0.1) is 6.42 Å². The van der Waals surface area contributed by atoms with Crippen LogP contribution in [0.15, 0.2) is 42.5 Å². The van der Waals surface area contributed by atoms with Crippen molar-refractivity contribution in [2.24, 2.45) is 0 Å². The number of halogens is 1. The van der Waals surface area contributed by atoms with Crippen LogP contribution in [-0.4, -0.2) is 17.3 Å². The van der Waals surface area contributed by atoms with Crippen LogP contribution in [0, 0.1) is 0 Å². The Morgan fingerprint density at radius 2 is 1.95 bits per heavy atom. The number of alkyl halides is 1. The van der Waals surface area contributed by atoms with Crippen molar-refractivity contribution in [2.45, 2.75) is 24.6 Å². The van der Waals surface area contributed by atoms with Gasteiger partial charge in [0.15, 0.2) is 0 Å². The molecule has 2 nitrogen and oxygen atoms in total. The highest BCUT2D eigenvalue weighted by atomic mass is 79.9. The number of benzene rings is 2. The maximum atomic E-state index is 11.8. The second-order valence-electron chi connectivity index (χ2n) is 4.78. The van der Waals surface area contributed by atoms with Crippen molar-refractivity contribution >= 4 is 32.6 Å². The van der Waals surface area contributed by atoms with Crippen LogP contribution in [0.1, 0.15) is 18.9 Å². The molecule has 0 heterocycles. The molecule has 0 saturated heterocycles. The molecule has 0 aliphatic carbocycles. The van der Waals surface area contributed by atoms with Crippen LogP contribution in [-0.2, 0) is 11.2 Å². The van der Waals surface area contributed by atoms with E-state index in [4.69, 9.17) is 0 Å². The van der Waals surface area contributed by atoms with Gasteiger partial charge in [0, 0.05) is 11.4 Å². The molecule has 0 spiro atoms. The third-order valence-electron chi connectivity index (χ3n) is 3.04. The highest BCUT2D eigenvalue weighted by molar-refractivity contribution is 9.09. The van der Waals surface area contributed by atoms with Gasteiger partial charge in [-0.25, -0.2) is 0 Å². The van der Waals surface area contributed by atoms with Crippen molar-refractivity contribution in [1.82, 2.24) is 5.32 Å². The third kappa shape index (κ3) is 4.35. The van der Waals surface area contributed by atoms with Gasteiger partial charge in [-0.1, -0.05) is 65.3 Å². The summed E-state index contributed by atoms with van der Waals surface area (Å²) in [5, 5.41) is 5.33. The summed E-state index contributed by atoms with van der Waals surface area (Å²) < 4.78 is 0. The normalized spacial score (nSPS) is 12.3. The Hall–Kier alpha value is -1.35. The molecule has 0 aromatic heterocycles. The zero-order chi connectivity index (χ0) is 13.7. The number of amides is 1. The lowest BCUT2D eigenvalue weighted by Gasteiger charge is -2.07. The average molecular weight is 320 g/mol. The van der Waals surface area contributed by atoms with Crippen molar-refractivity contribution in [3.63, 3.8) is 0 Å². The van der Waals surface area contributed by atoms with Crippen LogP contribution in [0.4, 0.5) is 0 Å². The van der Waals surface area contributed by atoms with E-state index in [2.05, 4.69) is 52.4 Å². The fourth-order valence-electron chi connectivity index (χ4n) is 2.01. The molecule has 19 heavy (non-hydrogen) atoms. The first-order valence-electron chi connectivity index (χ1n) is 6.53. The molecule has 0 radical (unpaired) electrons. The maximum Gasteiger partial charge on any atom is 0.224 e. The van der Waals surface area contributed by atoms with Crippen molar-refractivity contribution in [1.29, 1.82) is 0 Å². The number of hydrogen-bond donors (Lipinski definition) is 1. The maximum absolute atomic E-state index is 11.8. The lowest BCUT2D eigenvalue weighted by molar-refractivity contribution is -0.120. The molecule has 1 amide bonds. The second-order valence-corrected chi connectivity index (χ2v) is 6.34. The summed E-state index contributed by atoms with van der Waals surface area (Å²) in [6.45, 7) is 2.80. The van der Waals surface area contributed by atoms with E-state index in [9.17, 15) is 4.79 Å². The zero-order valence-electron chi connectivity index (χ0n) is 11.0. The molecule has 3 heteroatoms. The summed E-state index contributed by atoms with van der Waals surface area (Å²) in [5.74, 6) is 0.0865. The Labute approximate surface area is 122 Å². The number of carbonyl (C=O) groups is 1. The highest BCUT2D eigenvalue weighted by Gasteiger charge is 2.04. The lowest BCUT2D eigenvalue weighted by Crippen LogP contribution is -2.27. The Balaban J connectivity index is 1.95. The first kappa shape index (κ1) is 14.1. The largest absolute Gasteiger partial charge is 0.356 e. The Morgan fingerprint density at radius 1 is 1.21 bits per heavy atom. The van der Waals surface area contributed by atoms with Crippen molar-refractivity contribution in [3.05, 3.63) is 48.0 Å². The standard InChI is InChI=1S/C16H18BrNO/c1-12(17)8-9-18-16(19)11-13-6-7-14-4-2-3-5-15(14)10-13/h2-7,10,12H,8-9,11H2,1H3,(H,18,19). The van der Waals surface area contributed by atoms with E-state index >= 15 is 0 Å². The van der Waals surface area contributed by atoms with Crippen molar-refractivity contribution < 1.29 is 4.79 Å². The van der Waals surface area contributed by atoms with Gasteiger partial charge in [-0.15, -0.1) is 0 Å². The van der Waals surface area contributed by atoms with Gasteiger partial charge in [0.25, 0.3) is 0 Å². The molecule has 1 unspecified atom stereocenters. The van der Waals surface area contributed by atoms with Crippen molar-refractivity contribution in [2.75, 3.05) is 6.54 Å². The number of nitrogens with one attached hydrogen (secondary N) is 1. The minimum Gasteiger partial charge on any atom is -0.356 e. The number of hydrogen-bond acceptors (Lipinski definition) is 1. The zero-order valence-corrected chi connectivity index (χ0v) is 12.6. The van der Waals surface area contributed by atoms with Gasteiger partial charge in [0.1, 0.15) is 0 Å². The van der Waals surface area contributed by atoms with Crippen LogP contribution >= 0.6 is 15.9 Å². The summed E-state index contributed by atoms with van der Waals surface area (Å²) in [6, 6.07) is 14.4. The predicted molar refractivity (Wildman–Crippen MR) is 83.7 cm³/mol. The fraction of sp³-hybridized carbons (Fsp3) is 0.312. The van der Waals surface area contributed by atoms with Gasteiger partial charge in [-0.05, 0) is 22.8 Å². The number of rotatable bonds is 5. The SMILES string of the molecule is CC(Br)CCNC(=O)Cc1ccc2ccccc2c1. The molecule has 0 aliphatic heterocycles. The molecule has 100 valence electrons. The van der Waals surface area contributed by atoms with Crippen LogP contribution in [0.2, 0.25) is 0 Å². The lowest BCUT2D eigenvalue weighted by atomic mass is 10.0. The molecule has 2 aromatic rings. The second kappa shape index (κ2) is 6.71. The van der Waals surface area contributed by atoms with Gasteiger partial charge < -0.3 is 5.32 Å². The summed E-state index contributed by atoms with van der Waals surface area (Å²) >= 11 is 3.47. The molecule has 0 fully saturated rings. The van der Waals surface area contributed by atoms with Crippen LogP contribution in [0.25, 0.3) is 10.8 Å². The monoisotopic (exact) mass is 319 g/mol. The molecule has 0 saturated carbocycles. The smallest absolute Gasteiger partial charge is 0.224 e. The van der Waals surface area contributed by atoms with Crippen molar-refractivity contribution in [3.8, 4) is 0 Å². The Bertz CT molecular complexity index is 565. The van der Waals surface area contributed by atoms with Crippen LogP contribution in [0.3, 0.4) is 0 Å². The molecule has 2 aromatic carbocycles. The quantitative estimate of drug-likeness (QED) is 0.837. The first-order chi connectivity index (χ1) is 9.15. The van der Waals surface area contributed by atoms with Gasteiger partial charge in [-0.2, -0.15) is 0 Å². The number of fused-ring (bicyclic) bond motifs is 1. The summed E-state index contributed by atoms with van der Waals surface area (Å²) in [6.07, 6.45) is 1.39. The Kier molecular flexibility index (Phi) is 4.97. The summed E-state index contributed by atoms with van der Waals surface area (Å²) in [7, 11) is 0. The first-order valence-corrected chi connectivity index (χ1v) is 7.45. The molecular weight excluding hydrogens is 302 g/mol. The minimum absolute atomic E-state index is 0.0865. The third-order valence-corrected chi connectivity index (χ3v) is 3.50. The van der Waals surface area contributed by atoms with E-state index < -0.39 is 0 Å². The van der Waals surface area contributed by atoms with E-state index in [0.29, 0.717) is 11.2 Å². The molecule has 2 rings (SSSR count). The predicted octanol–water partition coefficient (Wildman–Crippen LogP) is 3.67. The van der Waals surface area contributed by atoms with E-state index in [-0.39, 0.29) is 5.91 Å². The molecule has 0 aliphatic rings. The average Bonchev–Trinajstić information content (AvgIpc) is 2.38. The summed E-state index contributed by atoms with van der Waals surface area (Å²) in [4.78, 5) is 12.2. The van der Waals surface area contributed by atoms with Crippen LogP contribution < -0.4 is 5.32 Å². The molecular formula is C16H18BrNO. The topological polar surface area (TPSA) is 29.1 Å². The molecule has 1 N–H and O–H groups in total. The highest BCUT2D eigenvalue weighted by Crippen LogP contribution is 2.15. The molecule has 1 atom stereocenters. The summed E-state index contributed by atoms with van der Waals surface area (Å²) in [5.41, 5.74) is 1.06. The van der Waals surface area contributed by atoms with E-state index in [0.717, 1.165) is 18.5 Å². The molecule has 0 bridgehead atoms. The Morgan fingerprint density at radius 3 is 2.68 bits per heavy atom. The van der Waals surface area contributed by atoms with Gasteiger partial charge in [0.2, 0.25) is 5.91 Å². The van der Waals surface area contributed by atoms with Crippen LogP contribution in [0.5, 0.6) is 0 Å². The van der Waals surface area contributed by atoms with Gasteiger partial charge >= 0.3 is 0 Å². The van der Waals surface area contributed by atoms with E-state index in [1.165, 1.54) is 10.8 Å². The number of carbonyl (C=O) groups excluding carboxylic acids is 1. The van der Waals surface area contributed by atoms with Gasteiger partial charge in [-0.3, -0.25) is 4.79 Å². The fourth-order valence-corrected chi connectivity index (χ4v) is 2.24. The van der Waals surface area contributed by atoms with E-state index in [1.54, 1.807) is 0 Å². The van der Waals surface area contributed by atoms with E-state index in [1.807, 2.05) is 18.2 Å². The minimum atomic E-state index is 0.0865.